The van der Waals surface area contributed by atoms with Crippen LogP contribution in [0.1, 0.15) is 75.3 Å². The molecule has 0 saturated carbocycles. The molecule has 0 bridgehead atoms. The van der Waals surface area contributed by atoms with Gasteiger partial charge in [-0.15, -0.1) is 0 Å². The Kier molecular flexibility index (Phi) is 9.87. The number of halogens is 3. The molecule has 1 N–H and O–H groups in total. The van der Waals surface area contributed by atoms with E-state index >= 15 is 0 Å². The molecule has 0 spiro atoms. The highest BCUT2D eigenvalue weighted by Crippen LogP contribution is 2.46. The Bertz CT molecular complexity index is 1090. The van der Waals surface area contributed by atoms with Crippen LogP contribution in [0.4, 0.5) is 0 Å². The van der Waals surface area contributed by atoms with Gasteiger partial charge in [0.2, 0.25) is 5.91 Å². The number of rotatable bonds is 5. The predicted octanol–water partition coefficient (Wildman–Crippen LogP) is 4.63. The summed E-state index contributed by atoms with van der Waals surface area (Å²) >= 11 is 12.6. The molecular weight excluding hydrogens is 618 g/mol. The first-order valence-corrected chi connectivity index (χ1v) is 14.3. The third kappa shape index (κ3) is 6.66. The normalized spacial score (nSPS) is 23.8. The van der Waals surface area contributed by atoms with Crippen molar-refractivity contribution < 1.29 is 38.0 Å². The molecule has 1 fully saturated rings. The summed E-state index contributed by atoms with van der Waals surface area (Å²) in [5, 5.41) is 4.57. The summed E-state index contributed by atoms with van der Waals surface area (Å²) < 4.78 is 7.23. The summed E-state index contributed by atoms with van der Waals surface area (Å²) in [6.07, 6.45) is 12.4. The zero-order valence-corrected chi connectivity index (χ0v) is 25.2. The number of likely N-dealkylation sites (tertiary alicyclic amines) is 1. The van der Waals surface area contributed by atoms with E-state index in [2.05, 4.69) is 18.3 Å². The second-order valence-electron chi connectivity index (χ2n) is 10.8. The average Bonchev–Trinajstić information content (AvgIpc) is 2.85. The van der Waals surface area contributed by atoms with Crippen LogP contribution >= 0.6 is 23.2 Å². The maximum atomic E-state index is 13.8. The van der Waals surface area contributed by atoms with Gasteiger partial charge in [-0.25, -0.2) is 0 Å². The number of piperidine rings is 1. The highest BCUT2D eigenvalue weighted by Gasteiger charge is 2.37. The molecule has 200 valence electrons. The summed E-state index contributed by atoms with van der Waals surface area (Å²) in [4.78, 5) is 13.8. The third-order valence-corrected chi connectivity index (χ3v) is 8.86. The van der Waals surface area contributed by atoms with Gasteiger partial charge in [-0.3, -0.25) is 4.79 Å². The Hall–Kier alpha value is -1.28. The summed E-state index contributed by atoms with van der Waals surface area (Å²) in [6, 6.07) is 11.1. The van der Waals surface area contributed by atoms with Gasteiger partial charge in [0.1, 0.15) is 18.0 Å². The molecule has 0 atom stereocenters. The summed E-state index contributed by atoms with van der Waals surface area (Å²) in [5.41, 5.74) is 3.24. The first kappa shape index (κ1) is 28.7. The van der Waals surface area contributed by atoms with Gasteiger partial charge >= 0.3 is 0 Å². The molecule has 2 aromatic carbocycles. The molecule has 5 rings (SSSR count). The largest absolute Gasteiger partial charge is 1.00 e. The number of likely N-dealkylation sites (N-methyl/N-ethyl adjacent to an activating group) is 1. The summed E-state index contributed by atoms with van der Waals surface area (Å²) in [6.45, 7) is 6.87. The van der Waals surface area contributed by atoms with Crippen LogP contribution in [0.15, 0.2) is 48.0 Å². The lowest BCUT2D eigenvalue weighted by atomic mass is 9.86. The number of amides is 1. The number of carbonyl (C=O) groups excluding carboxylic acids is 1. The van der Waals surface area contributed by atoms with Crippen molar-refractivity contribution in [3.05, 3.63) is 69.2 Å². The fourth-order valence-corrected chi connectivity index (χ4v) is 6.57. The number of ether oxygens (including phenoxy) is 1. The van der Waals surface area contributed by atoms with Crippen molar-refractivity contribution in [3.63, 3.8) is 0 Å². The molecule has 37 heavy (non-hydrogen) atoms. The van der Waals surface area contributed by atoms with E-state index in [1.165, 1.54) is 45.1 Å². The van der Waals surface area contributed by atoms with Crippen molar-refractivity contribution in [1.82, 2.24) is 5.32 Å². The molecule has 0 unspecified atom stereocenters. The number of benzene rings is 2. The fourth-order valence-electron chi connectivity index (χ4n) is 6.21. The van der Waals surface area contributed by atoms with Crippen LogP contribution in [-0.4, -0.2) is 42.6 Å². The number of nitrogens with zero attached hydrogens (tertiary/aromatic N) is 1. The Balaban J connectivity index is 0.00000320. The van der Waals surface area contributed by atoms with Gasteiger partial charge in [0.25, 0.3) is 0 Å². The first-order chi connectivity index (χ1) is 17.5. The maximum absolute atomic E-state index is 13.8. The van der Waals surface area contributed by atoms with Crippen LogP contribution in [0.5, 0.6) is 11.5 Å². The standard InChI is InChI=1S/C30H36Cl2N2O2.HI/c1-2-34(20-21-8-6-4-3-5-7-9-21)16-14-24(15-17-34)33-30(35)29-25-18-22(31)10-12-27(25)36-28-13-11-23(32)19-26(28)29;/h8,10-13,18-19,24,29H,2-7,9,14-17,20H2,1H3;1H. The van der Waals surface area contributed by atoms with Gasteiger partial charge in [-0.05, 0) is 74.6 Å². The highest BCUT2D eigenvalue weighted by molar-refractivity contribution is 6.31. The van der Waals surface area contributed by atoms with Crippen molar-refractivity contribution in [2.75, 3.05) is 26.2 Å². The zero-order valence-electron chi connectivity index (χ0n) is 21.6. The minimum absolute atomic E-state index is 0. The molecule has 2 aromatic rings. The number of quaternary nitrogens is 1. The quantitative estimate of drug-likeness (QED) is 0.290. The van der Waals surface area contributed by atoms with Crippen molar-refractivity contribution in [1.29, 1.82) is 0 Å². The topological polar surface area (TPSA) is 38.3 Å². The monoisotopic (exact) mass is 654 g/mol. The number of hydrogen-bond acceptors (Lipinski definition) is 2. The molecule has 0 radical (unpaired) electrons. The molecule has 1 saturated heterocycles. The molecule has 2 aliphatic heterocycles. The van der Waals surface area contributed by atoms with Crippen LogP contribution in [0.25, 0.3) is 0 Å². The number of allylic oxidation sites excluding steroid dienone is 1. The minimum atomic E-state index is -0.492. The van der Waals surface area contributed by atoms with E-state index in [4.69, 9.17) is 27.9 Å². The molecule has 4 nitrogen and oxygen atoms in total. The summed E-state index contributed by atoms with van der Waals surface area (Å²) in [5.74, 6) is 0.849. The van der Waals surface area contributed by atoms with Gasteiger partial charge in [0.15, 0.2) is 0 Å². The zero-order chi connectivity index (χ0) is 25.1. The lowest BCUT2D eigenvalue weighted by Crippen LogP contribution is -3.00. The lowest BCUT2D eigenvalue weighted by molar-refractivity contribution is -0.927. The molecule has 1 amide bonds. The van der Waals surface area contributed by atoms with Crippen molar-refractivity contribution in [3.8, 4) is 11.5 Å². The average molecular weight is 655 g/mol. The number of nitrogens with one attached hydrogen (secondary N) is 1. The van der Waals surface area contributed by atoms with Crippen LogP contribution < -0.4 is 34.0 Å². The van der Waals surface area contributed by atoms with Gasteiger partial charge in [0.05, 0.1) is 25.6 Å². The van der Waals surface area contributed by atoms with E-state index in [1.807, 2.05) is 24.3 Å². The van der Waals surface area contributed by atoms with Crippen molar-refractivity contribution in [2.45, 2.75) is 70.3 Å². The van der Waals surface area contributed by atoms with Crippen molar-refractivity contribution >= 4 is 29.1 Å². The van der Waals surface area contributed by atoms with E-state index < -0.39 is 5.92 Å². The second-order valence-corrected chi connectivity index (χ2v) is 11.6. The maximum Gasteiger partial charge on any atom is 0.232 e. The van der Waals surface area contributed by atoms with Gasteiger partial charge in [0, 0.05) is 40.1 Å². The molecule has 1 aliphatic carbocycles. The molecule has 3 aliphatic rings. The van der Waals surface area contributed by atoms with Crippen LogP contribution in [-0.2, 0) is 4.79 Å². The lowest BCUT2D eigenvalue weighted by Gasteiger charge is -2.44. The molecular formula is C30H37Cl2IN2O2. The van der Waals surface area contributed by atoms with Crippen LogP contribution in [0.2, 0.25) is 10.0 Å². The molecule has 2 heterocycles. The number of hydrogen-bond donors (Lipinski definition) is 1. The minimum Gasteiger partial charge on any atom is -1.00 e. The highest BCUT2D eigenvalue weighted by atomic mass is 127. The predicted molar refractivity (Wildman–Crippen MR) is 147 cm³/mol. The van der Waals surface area contributed by atoms with Crippen LogP contribution in [0.3, 0.4) is 0 Å². The Labute approximate surface area is 248 Å². The first-order valence-electron chi connectivity index (χ1n) is 13.6. The summed E-state index contributed by atoms with van der Waals surface area (Å²) in [7, 11) is 0. The van der Waals surface area contributed by atoms with E-state index in [9.17, 15) is 4.79 Å². The Morgan fingerprint density at radius 1 is 0.973 bits per heavy atom. The third-order valence-electron chi connectivity index (χ3n) is 8.39. The fraction of sp³-hybridized carbons (Fsp3) is 0.500. The van der Waals surface area contributed by atoms with E-state index in [0.29, 0.717) is 21.5 Å². The van der Waals surface area contributed by atoms with Gasteiger partial charge in [-0.2, -0.15) is 0 Å². The Morgan fingerprint density at radius 3 is 2.22 bits per heavy atom. The number of fused-ring (bicyclic) bond motifs is 2. The van der Waals surface area contributed by atoms with Crippen LogP contribution in [0, 0.1) is 0 Å². The molecule has 0 aromatic heterocycles. The Morgan fingerprint density at radius 2 is 1.59 bits per heavy atom. The number of carbonyl (C=O) groups is 1. The smallest absolute Gasteiger partial charge is 0.232 e. The van der Waals surface area contributed by atoms with E-state index in [1.54, 1.807) is 17.7 Å². The van der Waals surface area contributed by atoms with E-state index in [0.717, 1.165) is 48.1 Å². The second kappa shape index (κ2) is 12.7. The molecule has 7 heteroatoms. The SMILES string of the molecule is CC[N+]1(CC2=CCCCCCC2)CCC(NC(=O)C2c3cc(Cl)ccc3Oc3ccc(Cl)cc32)CC1.[I-]. The van der Waals surface area contributed by atoms with Crippen molar-refractivity contribution in [2.24, 2.45) is 0 Å². The van der Waals surface area contributed by atoms with Gasteiger partial charge < -0.3 is 38.5 Å². The van der Waals surface area contributed by atoms with E-state index in [-0.39, 0.29) is 35.9 Å². The van der Waals surface area contributed by atoms with Gasteiger partial charge in [-0.1, -0.05) is 42.1 Å².